The number of primary amides is 1. The summed E-state index contributed by atoms with van der Waals surface area (Å²) in [5, 5.41) is 0.744. The number of Topliss-reactive ketones (excluding diaryl/α,β-unsaturated/α-hetero) is 1. The average molecular weight is 406 g/mol. The number of ether oxygens (including phenoxy) is 1. The van der Waals surface area contributed by atoms with Gasteiger partial charge in [0.25, 0.3) is 17.6 Å². The summed E-state index contributed by atoms with van der Waals surface area (Å²) in [6, 6.07) is 10.5. The lowest BCUT2D eigenvalue weighted by Gasteiger charge is -2.32. The molecule has 1 aromatic carbocycles. The summed E-state index contributed by atoms with van der Waals surface area (Å²) in [6.07, 6.45) is 2.61. The SMILES string of the molecule is Cc1[nH]c2ccccc2c1C(=O)C(=O)N1CCCC(Oc2ccnc(C(N)=O)c2)C1. The highest BCUT2D eigenvalue weighted by atomic mass is 16.5. The van der Waals surface area contributed by atoms with E-state index in [-0.39, 0.29) is 11.8 Å². The Morgan fingerprint density at radius 2 is 2.03 bits per heavy atom. The Morgan fingerprint density at radius 3 is 2.83 bits per heavy atom. The molecule has 2 aromatic heterocycles. The van der Waals surface area contributed by atoms with Crippen LogP contribution in [0.25, 0.3) is 10.9 Å². The molecule has 1 saturated heterocycles. The van der Waals surface area contributed by atoms with Crippen molar-refractivity contribution in [2.24, 2.45) is 5.73 Å². The standard InChI is InChI=1S/C22H22N4O4/c1-13-19(16-6-2-3-7-17(16)25-13)20(27)22(29)26-10-4-5-15(12-26)30-14-8-9-24-18(11-14)21(23)28/h2-3,6-9,11,15,25H,4-5,10,12H2,1H3,(H2,23,28). The van der Waals surface area contributed by atoms with E-state index < -0.39 is 17.6 Å². The van der Waals surface area contributed by atoms with Gasteiger partial charge in [0.1, 0.15) is 17.5 Å². The molecule has 0 saturated carbocycles. The number of aryl methyl sites for hydroxylation is 1. The molecule has 4 rings (SSSR count). The Morgan fingerprint density at radius 1 is 1.23 bits per heavy atom. The maximum atomic E-state index is 13.0. The quantitative estimate of drug-likeness (QED) is 0.497. The van der Waals surface area contributed by atoms with E-state index >= 15 is 0 Å². The number of benzene rings is 1. The van der Waals surface area contributed by atoms with E-state index in [2.05, 4.69) is 9.97 Å². The number of H-pyrrole nitrogens is 1. The number of carbonyl (C=O) groups excluding carboxylic acids is 3. The number of fused-ring (bicyclic) bond motifs is 1. The van der Waals surface area contributed by atoms with Crippen LogP contribution in [0.1, 0.15) is 39.4 Å². The first kappa shape index (κ1) is 19.6. The van der Waals surface area contributed by atoms with Crippen LogP contribution in [0.3, 0.4) is 0 Å². The van der Waals surface area contributed by atoms with Crippen LogP contribution in [0.4, 0.5) is 0 Å². The van der Waals surface area contributed by atoms with Crippen LogP contribution < -0.4 is 10.5 Å². The molecule has 8 heteroatoms. The van der Waals surface area contributed by atoms with Gasteiger partial charge in [-0.1, -0.05) is 18.2 Å². The maximum absolute atomic E-state index is 13.0. The van der Waals surface area contributed by atoms with Crippen molar-refractivity contribution in [2.75, 3.05) is 13.1 Å². The van der Waals surface area contributed by atoms with Crippen LogP contribution in [0.2, 0.25) is 0 Å². The molecule has 3 N–H and O–H groups in total. The number of carbonyl (C=O) groups is 3. The zero-order valence-electron chi connectivity index (χ0n) is 16.6. The van der Waals surface area contributed by atoms with E-state index in [0.29, 0.717) is 36.5 Å². The number of hydrogen-bond acceptors (Lipinski definition) is 5. The Hall–Kier alpha value is -3.68. The smallest absolute Gasteiger partial charge is 0.295 e. The van der Waals surface area contributed by atoms with Crippen molar-refractivity contribution in [3.8, 4) is 5.75 Å². The number of ketones is 1. The maximum Gasteiger partial charge on any atom is 0.295 e. The minimum absolute atomic E-state index is 0.112. The molecule has 1 aliphatic rings. The Labute approximate surface area is 173 Å². The van der Waals surface area contributed by atoms with E-state index in [0.717, 1.165) is 17.3 Å². The van der Waals surface area contributed by atoms with Crippen LogP contribution >= 0.6 is 0 Å². The molecule has 1 fully saturated rings. The summed E-state index contributed by atoms with van der Waals surface area (Å²) in [5.74, 6) is -1.24. The Kier molecular flexibility index (Phi) is 5.22. The van der Waals surface area contributed by atoms with E-state index in [1.54, 1.807) is 13.0 Å². The van der Waals surface area contributed by atoms with Gasteiger partial charge in [0.05, 0.1) is 12.1 Å². The minimum Gasteiger partial charge on any atom is -0.488 e. The van der Waals surface area contributed by atoms with Crippen LogP contribution in [-0.4, -0.2) is 51.7 Å². The molecule has 3 heterocycles. The van der Waals surface area contributed by atoms with Gasteiger partial charge in [0, 0.05) is 35.4 Å². The van der Waals surface area contributed by atoms with Crippen molar-refractivity contribution in [3.63, 3.8) is 0 Å². The van der Waals surface area contributed by atoms with Crippen molar-refractivity contribution < 1.29 is 19.1 Å². The number of likely N-dealkylation sites (tertiary alicyclic amines) is 1. The van der Waals surface area contributed by atoms with Gasteiger partial charge in [-0.05, 0) is 31.9 Å². The van der Waals surface area contributed by atoms with E-state index in [4.69, 9.17) is 10.5 Å². The van der Waals surface area contributed by atoms with Gasteiger partial charge >= 0.3 is 0 Å². The third-order valence-electron chi connectivity index (χ3n) is 5.27. The number of nitrogens with two attached hydrogens (primary N) is 1. The molecule has 0 radical (unpaired) electrons. The number of para-hydroxylation sites is 1. The molecule has 0 bridgehead atoms. The van der Waals surface area contributed by atoms with Gasteiger partial charge in [0.2, 0.25) is 0 Å². The average Bonchev–Trinajstić information content (AvgIpc) is 3.08. The summed E-state index contributed by atoms with van der Waals surface area (Å²) in [4.78, 5) is 45.9. The van der Waals surface area contributed by atoms with Gasteiger partial charge in [-0.3, -0.25) is 19.4 Å². The number of hydrogen-bond donors (Lipinski definition) is 2. The number of aromatic amines is 1. The second-order valence-electron chi connectivity index (χ2n) is 7.37. The lowest BCUT2D eigenvalue weighted by Crippen LogP contribution is -2.47. The largest absolute Gasteiger partial charge is 0.488 e. The molecule has 1 atom stereocenters. The van der Waals surface area contributed by atoms with Gasteiger partial charge in [-0.15, -0.1) is 0 Å². The fourth-order valence-electron chi connectivity index (χ4n) is 3.85. The third kappa shape index (κ3) is 3.76. The van der Waals surface area contributed by atoms with Crippen LogP contribution in [0, 0.1) is 6.92 Å². The molecular formula is C22H22N4O4. The zero-order chi connectivity index (χ0) is 21.3. The van der Waals surface area contributed by atoms with Gasteiger partial charge in [0.15, 0.2) is 0 Å². The molecule has 1 aliphatic heterocycles. The van der Waals surface area contributed by atoms with Crippen LogP contribution in [0.5, 0.6) is 5.75 Å². The summed E-state index contributed by atoms with van der Waals surface area (Å²) < 4.78 is 5.93. The third-order valence-corrected chi connectivity index (χ3v) is 5.27. The molecule has 3 aromatic rings. The molecule has 0 spiro atoms. The normalized spacial score (nSPS) is 16.4. The summed E-state index contributed by atoms with van der Waals surface area (Å²) in [6.45, 7) is 2.58. The molecule has 8 nitrogen and oxygen atoms in total. The van der Waals surface area contributed by atoms with Crippen molar-refractivity contribution in [1.29, 1.82) is 0 Å². The van der Waals surface area contributed by atoms with Crippen LogP contribution in [-0.2, 0) is 4.79 Å². The monoisotopic (exact) mass is 406 g/mol. The highest BCUT2D eigenvalue weighted by molar-refractivity contribution is 6.45. The highest BCUT2D eigenvalue weighted by Gasteiger charge is 2.31. The number of pyridine rings is 1. The van der Waals surface area contributed by atoms with Gasteiger partial charge in [-0.25, -0.2) is 0 Å². The topological polar surface area (TPSA) is 118 Å². The second kappa shape index (κ2) is 7.98. The van der Waals surface area contributed by atoms with Gasteiger partial charge in [-0.2, -0.15) is 0 Å². The first-order chi connectivity index (χ1) is 14.4. The number of amides is 2. The fourth-order valence-corrected chi connectivity index (χ4v) is 3.85. The predicted molar refractivity (Wildman–Crippen MR) is 110 cm³/mol. The molecule has 1 unspecified atom stereocenters. The number of nitrogens with one attached hydrogen (secondary N) is 1. The van der Waals surface area contributed by atoms with E-state index in [1.807, 2.05) is 24.3 Å². The zero-order valence-corrected chi connectivity index (χ0v) is 16.6. The van der Waals surface area contributed by atoms with Crippen molar-refractivity contribution >= 4 is 28.5 Å². The summed E-state index contributed by atoms with van der Waals surface area (Å²) in [5.41, 5.74) is 7.29. The molecule has 30 heavy (non-hydrogen) atoms. The summed E-state index contributed by atoms with van der Waals surface area (Å²) >= 11 is 0. The molecule has 0 aliphatic carbocycles. The highest BCUT2D eigenvalue weighted by Crippen LogP contribution is 2.24. The number of piperidine rings is 1. The molecular weight excluding hydrogens is 384 g/mol. The second-order valence-corrected chi connectivity index (χ2v) is 7.37. The Balaban J connectivity index is 1.49. The number of nitrogens with zero attached hydrogens (tertiary/aromatic N) is 2. The first-order valence-corrected chi connectivity index (χ1v) is 9.77. The van der Waals surface area contributed by atoms with Gasteiger partial charge < -0.3 is 20.4 Å². The van der Waals surface area contributed by atoms with Crippen LogP contribution in [0.15, 0.2) is 42.6 Å². The minimum atomic E-state index is -0.638. The summed E-state index contributed by atoms with van der Waals surface area (Å²) in [7, 11) is 0. The van der Waals surface area contributed by atoms with E-state index in [9.17, 15) is 14.4 Å². The van der Waals surface area contributed by atoms with Crippen molar-refractivity contribution in [1.82, 2.24) is 14.9 Å². The predicted octanol–water partition coefficient (Wildman–Crippen LogP) is 2.22. The lowest BCUT2D eigenvalue weighted by atomic mass is 10.0. The lowest BCUT2D eigenvalue weighted by molar-refractivity contribution is -0.128. The molecule has 2 amide bonds. The Bertz CT molecular complexity index is 1140. The first-order valence-electron chi connectivity index (χ1n) is 9.77. The number of aromatic nitrogens is 2. The van der Waals surface area contributed by atoms with E-state index in [1.165, 1.54) is 17.2 Å². The molecule has 154 valence electrons. The van der Waals surface area contributed by atoms with Crippen molar-refractivity contribution in [3.05, 3.63) is 59.5 Å². The number of rotatable bonds is 5. The van der Waals surface area contributed by atoms with Crippen molar-refractivity contribution in [2.45, 2.75) is 25.9 Å². The fraction of sp³-hybridized carbons (Fsp3) is 0.273.